The highest BCUT2D eigenvalue weighted by atomic mass is 32.2. The molecule has 1 atom stereocenters. The number of thiocarbonyl (C=S) groups is 1. The maximum atomic E-state index is 12.5. The van der Waals surface area contributed by atoms with Crippen LogP contribution in [0.15, 0.2) is 71.3 Å². The zero-order valence-corrected chi connectivity index (χ0v) is 19.7. The van der Waals surface area contributed by atoms with Gasteiger partial charge in [0, 0.05) is 17.9 Å². The number of nitrogens with zero attached hydrogens (tertiary/aromatic N) is 1. The third-order valence-corrected chi connectivity index (χ3v) is 6.41. The minimum absolute atomic E-state index is 0.403. The molecular formula is C23H25N3O4S2. The average Bonchev–Trinajstić information content (AvgIpc) is 2.78. The number of hydrogen-bond acceptors (Lipinski definition) is 5. The van der Waals surface area contributed by atoms with E-state index in [4.69, 9.17) is 17.0 Å². The van der Waals surface area contributed by atoms with Crippen LogP contribution in [0.4, 0.5) is 5.69 Å². The van der Waals surface area contributed by atoms with Crippen LogP contribution < -0.4 is 10.0 Å². The molecule has 0 aromatic heterocycles. The van der Waals surface area contributed by atoms with E-state index in [1.54, 1.807) is 24.3 Å². The van der Waals surface area contributed by atoms with Crippen LogP contribution in [0.1, 0.15) is 31.0 Å². The van der Waals surface area contributed by atoms with Crippen molar-refractivity contribution in [3.8, 4) is 0 Å². The lowest BCUT2D eigenvalue weighted by molar-refractivity contribution is -0.136. The Morgan fingerprint density at radius 1 is 1.19 bits per heavy atom. The van der Waals surface area contributed by atoms with E-state index in [0.29, 0.717) is 22.9 Å². The molecule has 3 rings (SSSR count). The Morgan fingerprint density at radius 2 is 1.84 bits per heavy atom. The molecule has 0 saturated carbocycles. The fraction of sp³-hybridized carbons (Fsp3) is 0.217. The molecule has 2 aromatic rings. The van der Waals surface area contributed by atoms with Gasteiger partial charge < -0.3 is 15.0 Å². The fourth-order valence-electron chi connectivity index (χ4n) is 3.46. The van der Waals surface area contributed by atoms with E-state index in [9.17, 15) is 13.2 Å². The SMILES string of the molecule is CCN1C(=S)NC(c2ccc(NS(=O)(=O)C=Cc3ccccc3)cc2)C(C(=O)OC)=C1C. The second-order valence-corrected chi connectivity index (χ2v) is 9.05. The van der Waals surface area contributed by atoms with E-state index in [1.165, 1.54) is 13.2 Å². The molecule has 1 unspecified atom stereocenters. The molecule has 0 radical (unpaired) electrons. The van der Waals surface area contributed by atoms with Crippen molar-refractivity contribution >= 4 is 45.1 Å². The molecule has 2 aromatic carbocycles. The molecular weight excluding hydrogens is 446 g/mol. The van der Waals surface area contributed by atoms with Gasteiger partial charge in [0.25, 0.3) is 10.0 Å². The number of methoxy groups -OCH3 is 1. The first-order valence-electron chi connectivity index (χ1n) is 9.98. The minimum Gasteiger partial charge on any atom is -0.466 e. The Bertz CT molecular complexity index is 1160. The zero-order valence-electron chi connectivity index (χ0n) is 18.0. The lowest BCUT2D eigenvalue weighted by Gasteiger charge is -2.36. The summed E-state index contributed by atoms with van der Waals surface area (Å²) in [5, 5.41) is 4.82. The number of carbonyl (C=O) groups excluding carboxylic acids is 1. The number of ether oxygens (including phenoxy) is 1. The summed E-state index contributed by atoms with van der Waals surface area (Å²) in [6.45, 7) is 4.39. The number of carbonyl (C=O) groups is 1. The van der Waals surface area contributed by atoms with Crippen LogP contribution in [-0.4, -0.2) is 38.1 Å². The molecule has 9 heteroatoms. The summed E-state index contributed by atoms with van der Waals surface area (Å²) in [4.78, 5) is 14.3. The number of nitrogens with one attached hydrogen (secondary N) is 2. The van der Waals surface area contributed by atoms with Gasteiger partial charge in [-0.2, -0.15) is 0 Å². The summed E-state index contributed by atoms with van der Waals surface area (Å²) >= 11 is 5.45. The van der Waals surface area contributed by atoms with E-state index in [0.717, 1.165) is 22.2 Å². The first-order valence-corrected chi connectivity index (χ1v) is 11.9. The zero-order chi connectivity index (χ0) is 23.3. The van der Waals surface area contributed by atoms with Crippen molar-refractivity contribution < 1.29 is 17.9 Å². The Labute approximate surface area is 193 Å². The molecule has 1 heterocycles. The molecule has 0 bridgehead atoms. The lowest BCUT2D eigenvalue weighted by Crippen LogP contribution is -2.47. The number of anilines is 1. The summed E-state index contributed by atoms with van der Waals surface area (Å²) in [5.41, 5.74) is 3.13. The summed E-state index contributed by atoms with van der Waals surface area (Å²) in [7, 11) is -2.35. The van der Waals surface area contributed by atoms with Gasteiger partial charge in [0.05, 0.1) is 24.1 Å². The van der Waals surface area contributed by atoms with Crippen molar-refractivity contribution in [3.05, 3.63) is 82.4 Å². The maximum absolute atomic E-state index is 12.5. The van der Waals surface area contributed by atoms with Gasteiger partial charge >= 0.3 is 5.97 Å². The highest BCUT2D eigenvalue weighted by molar-refractivity contribution is 7.95. The normalized spacial score (nSPS) is 16.8. The van der Waals surface area contributed by atoms with Crippen molar-refractivity contribution in [2.75, 3.05) is 18.4 Å². The molecule has 1 aliphatic heterocycles. The second kappa shape index (κ2) is 9.97. The molecule has 32 heavy (non-hydrogen) atoms. The quantitative estimate of drug-likeness (QED) is 0.469. The van der Waals surface area contributed by atoms with E-state index < -0.39 is 22.0 Å². The molecule has 0 spiro atoms. The largest absolute Gasteiger partial charge is 0.466 e. The average molecular weight is 472 g/mol. The van der Waals surface area contributed by atoms with Gasteiger partial charge in [0.1, 0.15) is 0 Å². The van der Waals surface area contributed by atoms with E-state index >= 15 is 0 Å². The van der Waals surface area contributed by atoms with Crippen molar-refractivity contribution in [2.45, 2.75) is 19.9 Å². The number of benzene rings is 2. The fourth-order valence-corrected chi connectivity index (χ4v) is 4.71. The molecule has 7 nitrogen and oxygen atoms in total. The lowest BCUT2D eigenvalue weighted by atomic mass is 9.95. The van der Waals surface area contributed by atoms with Crippen LogP contribution in [0.3, 0.4) is 0 Å². The predicted octanol–water partition coefficient (Wildman–Crippen LogP) is 3.80. The van der Waals surface area contributed by atoms with Crippen molar-refractivity contribution in [3.63, 3.8) is 0 Å². The standard InChI is InChI=1S/C23H25N3O4S2/c1-4-26-16(2)20(22(27)30-3)21(24-23(26)31)18-10-12-19(13-11-18)25-32(28,29)15-14-17-8-6-5-7-9-17/h5-15,21,25H,4H2,1-3H3,(H,24,31). The minimum atomic E-state index is -3.68. The van der Waals surface area contributed by atoms with Gasteiger partial charge in [-0.25, -0.2) is 13.2 Å². The third-order valence-electron chi connectivity index (χ3n) is 5.06. The Hall–Kier alpha value is -3.17. The van der Waals surface area contributed by atoms with Gasteiger partial charge in [-0.05, 0) is 55.4 Å². The predicted molar refractivity (Wildman–Crippen MR) is 130 cm³/mol. The molecule has 0 aliphatic carbocycles. The second-order valence-electron chi connectivity index (χ2n) is 7.10. The van der Waals surface area contributed by atoms with Gasteiger partial charge in [0.2, 0.25) is 0 Å². The van der Waals surface area contributed by atoms with Crippen LogP contribution in [0, 0.1) is 0 Å². The number of hydrogen-bond donors (Lipinski definition) is 2. The van der Waals surface area contributed by atoms with Crippen molar-refractivity contribution in [1.29, 1.82) is 0 Å². The van der Waals surface area contributed by atoms with Crippen LogP contribution >= 0.6 is 12.2 Å². The number of sulfonamides is 1. The van der Waals surface area contributed by atoms with Gasteiger partial charge in [-0.15, -0.1) is 0 Å². The molecule has 168 valence electrons. The highest BCUT2D eigenvalue weighted by Gasteiger charge is 2.33. The molecule has 0 fully saturated rings. The van der Waals surface area contributed by atoms with E-state index in [1.807, 2.05) is 49.1 Å². The summed E-state index contributed by atoms with van der Waals surface area (Å²) in [6.07, 6.45) is 1.53. The number of rotatable bonds is 7. The van der Waals surface area contributed by atoms with E-state index in [-0.39, 0.29) is 0 Å². The summed E-state index contributed by atoms with van der Waals surface area (Å²) < 4.78 is 32.3. The van der Waals surface area contributed by atoms with Crippen LogP contribution in [0.25, 0.3) is 6.08 Å². The summed E-state index contributed by atoms with van der Waals surface area (Å²) in [6, 6.07) is 15.4. The van der Waals surface area contributed by atoms with Crippen molar-refractivity contribution in [1.82, 2.24) is 10.2 Å². The van der Waals surface area contributed by atoms with Crippen molar-refractivity contribution in [2.24, 2.45) is 0 Å². The Morgan fingerprint density at radius 3 is 2.44 bits per heavy atom. The Balaban J connectivity index is 1.82. The smallest absolute Gasteiger partial charge is 0.337 e. The van der Waals surface area contributed by atoms with Crippen LogP contribution in [-0.2, 0) is 19.6 Å². The van der Waals surface area contributed by atoms with Crippen LogP contribution in [0.2, 0.25) is 0 Å². The summed E-state index contributed by atoms with van der Waals surface area (Å²) in [5.74, 6) is -0.447. The van der Waals surface area contributed by atoms with E-state index in [2.05, 4.69) is 10.0 Å². The molecule has 0 saturated heterocycles. The maximum Gasteiger partial charge on any atom is 0.337 e. The monoisotopic (exact) mass is 471 g/mol. The van der Waals surface area contributed by atoms with Gasteiger partial charge in [-0.3, -0.25) is 4.72 Å². The van der Waals surface area contributed by atoms with Gasteiger partial charge in [0.15, 0.2) is 5.11 Å². The topological polar surface area (TPSA) is 87.7 Å². The first kappa shape index (κ1) is 23.5. The van der Waals surface area contributed by atoms with Gasteiger partial charge in [-0.1, -0.05) is 42.5 Å². The molecule has 0 amide bonds. The Kier molecular flexibility index (Phi) is 7.32. The number of esters is 1. The first-order chi connectivity index (χ1) is 15.3. The highest BCUT2D eigenvalue weighted by Crippen LogP contribution is 2.31. The molecule has 1 aliphatic rings. The van der Waals surface area contributed by atoms with Crippen LogP contribution in [0.5, 0.6) is 0 Å². The third kappa shape index (κ3) is 5.35. The number of allylic oxidation sites excluding steroid dienone is 1. The molecule has 2 N–H and O–H groups in total.